The van der Waals surface area contributed by atoms with E-state index < -0.39 is 10.7 Å². The number of benzene rings is 1. The molecule has 132 valence electrons. The van der Waals surface area contributed by atoms with Crippen molar-refractivity contribution in [2.75, 3.05) is 20.8 Å². The van der Waals surface area contributed by atoms with Gasteiger partial charge in [0.15, 0.2) is 4.75 Å². The Bertz CT molecular complexity index is 789. The van der Waals surface area contributed by atoms with Crippen LogP contribution in [0, 0.1) is 0 Å². The van der Waals surface area contributed by atoms with Crippen LogP contribution < -0.4 is 0 Å². The van der Waals surface area contributed by atoms with E-state index in [9.17, 15) is 9.59 Å². The lowest BCUT2D eigenvalue weighted by Crippen LogP contribution is -2.56. The summed E-state index contributed by atoms with van der Waals surface area (Å²) in [6.07, 6.45) is 2.18. The number of likely N-dealkylation sites (tertiary alicyclic amines) is 1. The Labute approximate surface area is 151 Å². The summed E-state index contributed by atoms with van der Waals surface area (Å²) in [4.78, 5) is 28.8. The topological polar surface area (TPSA) is 55.8 Å². The molecule has 1 saturated heterocycles. The van der Waals surface area contributed by atoms with Crippen molar-refractivity contribution in [3.05, 3.63) is 41.1 Å². The Morgan fingerprint density at radius 3 is 2.64 bits per heavy atom. The molecule has 0 unspecified atom stereocenters. The van der Waals surface area contributed by atoms with Crippen molar-refractivity contribution in [2.45, 2.75) is 41.4 Å². The minimum Gasteiger partial charge on any atom is -0.468 e. The third-order valence-electron chi connectivity index (χ3n) is 5.55. The molecule has 0 aromatic heterocycles. The van der Waals surface area contributed by atoms with Gasteiger partial charge in [-0.2, -0.15) is 0 Å². The highest BCUT2D eigenvalue weighted by Gasteiger charge is 2.69. The number of fused-ring (bicyclic) bond motifs is 3. The lowest BCUT2D eigenvalue weighted by molar-refractivity contribution is -0.147. The zero-order chi connectivity index (χ0) is 17.8. The molecular weight excluding hydrogens is 338 g/mol. The molecule has 4 rings (SSSR count). The Kier molecular flexibility index (Phi) is 3.83. The fourth-order valence-corrected chi connectivity index (χ4v) is 6.04. The van der Waals surface area contributed by atoms with Crippen molar-refractivity contribution >= 4 is 23.7 Å². The van der Waals surface area contributed by atoms with Gasteiger partial charge in [0.1, 0.15) is 0 Å². The van der Waals surface area contributed by atoms with E-state index in [0.717, 1.165) is 35.5 Å². The number of allylic oxidation sites excluding steroid dienone is 1. The van der Waals surface area contributed by atoms with Crippen LogP contribution in [0.15, 0.2) is 40.4 Å². The molecule has 6 heteroatoms. The molecule has 2 aliphatic heterocycles. The summed E-state index contributed by atoms with van der Waals surface area (Å²) in [6, 6.07) is 8.34. The molecule has 0 amide bonds. The zero-order valence-electron chi connectivity index (χ0n) is 14.6. The first-order valence-electron chi connectivity index (χ1n) is 8.52. The molecule has 3 aliphatic rings. The van der Waals surface area contributed by atoms with Gasteiger partial charge < -0.3 is 14.4 Å². The van der Waals surface area contributed by atoms with Crippen LogP contribution in [-0.4, -0.2) is 48.4 Å². The molecule has 1 aliphatic carbocycles. The number of methoxy groups -OCH3 is 2. The number of nitrogens with zero attached hydrogens (tertiary/aromatic N) is 1. The quantitative estimate of drug-likeness (QED) is 0.774. The smallest absolute Gasteiger partial charge is 0.337 e. The minimum atomic E-state index is -1.02. The highest BCUT2D eigenvalue weighted by atomic mass is 32.2. The van der Waals surface area contributed by atoms with E-state index in [1.807, 2.05) is 24.3 Å². The maximum absolute atomic E-state index is 12.8. The second kappa shape index (κ2) is 5.80. The Morgan fingerprint density at radius 1 is 1.24 bits per heavy atom. The molecule has 5 nitrogen and oxygen atoms in total. The van der Waals surface area contributed by atoms with E-state index >= 15 is 0 Å². The molecule has 1 aromatic rings. The first-order chi connectivity index (χ1) is 12.1. The molecule has 25 heavy (non-hydrogen) atoms. The van der Waals surface area contributed by atoms with E-state index in [0.29, 0.717) is 11.6 Å². The van der Waals surface area contributed by atoms with Gasteiger partial charge in [0, 0.05) is 23.2 Å². The molecule has 0 N–H and O–H groups in total. The summed E-state index contributed by atoms with van der Waals surface area (Å²) in [7, 11) is 2.74. The Hall–Kier alpha value is -1.95. The van der Waals surface area contributed by atoms with Crippen LogP contribution in [0.3, 0.4) is 0 Å². The maximum Gasteiger partial charge on any atom is 0.337 e. The van der Waals surface area contributed by atoms with Crippen LogP contribution >= 0.6 is 11.8 Å². The van der Waals surface area contributed by atoms with Gasteiger partial charge >= 0.3 is 11.9 Å². The van der Waals surface area contributed by atoms with Gasteiger partial charge in [0.05, 0.1) is 25.7 Å². The number of rotatable bonds is 3. The molecule has 1 fully saturated rings. The van der Waals surface area contributed by atoms with Crippen LogP contribution in [0.5, 0.6) is 0 Å². The molecule has 0 bridgehead atoms. The normalized spacial score (nSPS) is 29.8. The number of hydrogen-bond donors (Lipinski definition) is 0. The summed E-state index contributed by atoms with van der Waals surface area (Å²) in [5.74, 6) is -0.971. The van der Waals surface area contributed by atoms with Crippen LogP contribution in [-0.2, 0) is 19.1 Å². The second-order valence-corrected chi connectivity index (χ2v) is 8.02. The largest absolute Gasteiger partial charge is 0.468 e. The number of thioether (sulfide) groups is 1. The minimum absolute atomic E-state index is 0.157. The van der Waals surface area contributed by atoms with Crippen molar-refractivity contribution in [3.63, 3.8) is 0 Å². The average Bonchev–Trinajstić information content (AvgIpc) is 3.15. The predicted molar refractivity (Wildman–Crippen MR) is 94.2 cm³/mol. The van der Waals surface area contributed by atoms with Gasteiger partial charge in [-0.3, -0.25) is 4.79 Å². The van der Waals surface area contributed by atoms with Crippen molar-refractivity contribution in [1.29, 1.82) is 0 Å². The van der Waals surface area contributed by atoms with Gasteiger partial charge in [0.2, 0.25) is 0 Å². The number of ether oxygens (including phenoxy) is 2. The fraction of sp³-hybridized carbons (Fsp3) is 0.474. The summed E-state index contributed by atoms with van der Waals surface area (Å²) in [5, 5.41) is 0. The van der Waals surface area contributed by atoms with Crippen LogP contribution in [0.1, 0.15) is 31.2 Å². The first-order valence-corrected chi connectivity index (χ1v) is 9.33. The van der Waals surface area contributed by atoms with E-state index in [-0.39, 0.29) is 11.9 Å². The average molecular weight is 359 g/mol. The van der Waals surface area contributed by atoms with E-state index in [4.69, 9.17) is 9.47 Å². The standard InChI is InChI=1S/C19H21NO4S/c1-11-7-6-10-20(11)16-14-12-8-4-5-9-13(12)25-19(14,18(22)24-3)15(16)17(21)23-2/h4-5,8-9,11,14H,6-7,10H2,1-3H3/t11-,14+,19+/m1/s1. The van der Waals surface area contributed by atoms with Crippen LogP contribution in [0.25, 0.3) is 0 Å². The molecular formula is C19H21NO4S. The molecule has 0 radical (unpaired) electrons. The fourth-order valence-electron chi connectivity index (χ4n) is 4.43. The SMILES string of the molecule is COC(=O)C1=C(N2CCC[C@H]2C)[C@@H]2c3ccccc3S[C@]12C(=O)OC. The summed E-state index contributed by atoms with van der Waals surface area (Å²) >= 11 is 1.42. The molecule has 1 aromatic carbocycles. The van der Waals surface area contributed by atoms with Gasteiger partial charge in [-0.1, -0.05) is 18.2 Å². The number of carbonyl (C=O) groups excluding carboxylic acids is 2. The molecule has 0 spiro atoms. The van der Waals surface area contributed by atoms with E-state index in [1.54, 1.807) is 0 Å². The highest BCUT2D eigenvalue weighted by Crippen LogP contribution is 2.68. The van der Waals surface area contributed by atoms with Crippen molar-refractivity contribution in [2.24, 2.45) is 0 Å². The van der Waals surface area contributed by atoms with Crippen LogP contribution in [0.2, 0.25) is 0 Å². The van der Waals surface area contributed by atoms with E-state index in [1.165, 1.54) is 26.0 Å². The zero-order valence-corrected chi connectivity index (χ0v) is 15.4. The monoisotopic (exact) mass is 359 g/mol. The second-order valence-electron chi connectivity index (χ2n) is 6.74. The third kappa shape index (κ3) is 2.03. The molecule has 0 saturated carbocycles. The van der Waals surface area contributed by atoms with Gasteiger partial charge in [-0.15, -0.1) is 11.8 Å². The van der Waals surface area contributed by atoms with Crippen molar-refractivity contribution < 1.29 is 19.1 Å². The first kappa shape index (κ1) is 16.5. The van der Waals surface area contributed by atoms with Gasteiger partial charge in [-0.25, -0.2) is 4.79 Å². The molecule has 3 atom stereocenters. The van der Waals surface area contributed by atoms with Crippen molar-refractivity contribution in [1.82, 2.24) is 4.90 Å². The van der Waals surface area contributed by atoms with Gasteiger partial charge in [-0.05, 0) is 31.4 Å². The maximum atomic E-state index is 12.8. The highest BCUT2D eigenvalue weighted by molar-refractivity contribution is 8.02. The lowest BCUT2D eigenvalue weighted by atomic mass is 9.66. The summed E-state index contributed by atoms with van der Waals surface area (Å²) < 4.78 is 9.17. The van der Waals surface area contributed by atoms with Crippen molar-refractivity contribution in [3.8, 4) is 0 Å². The van der Waals surface area contributed by atoms with Crippen LogP contribution in [0.4, 0.5) is 0 Å². The Balaban J connectivity index is 1.93. The van der Waals surface area contributed by atoms with E-state index in [2.05, 4.69) is 11.8 Å². The lowest BCUT2D eigenvalue weighted by Gasteiger charge is -2.48. The third-order valence-corrected chi connectivity index (χ3v) is 7.07. The summed E-state index contributed by atoms with van der Waals surface area (Å²) in [5.41, 5.74) is 2.50. The number of hydrogen-bond acceptors (Lipinski definition) is 6. The predicted octanol–water partition coefficient (Wildman–Crippen LogP) is 2.71. The Morgan fingerprint density at radius 2 is 2.00 bits per heavy atom. The number of carbonyl (C=O) groups is 2. The molecule has 2 heterocycles. The van der Waals surface area contributed by atoms with Gasteiger partial charge in [0.25, 0.3) is 0 Å². The summed E-state index contributed by atoms with van der Waals surface area (Å²) in [6.45, 7) is 3.07. The number of esters is 2.